The SMILES string of the molecule is CCOc1ccccc1N1C[C@H](C(=O)Oc2ccc(C(C)=O)cc2)CC1=O. The van der Waals surface area contributed by atoms with Crippen molar-refractivity contribution >= 4 is 23.3 Å². The molecular weight excluding hydrogens is 346 g/mol. The fourth-order valence-corrected chi connectivity index (χ4v) is 3.01. The molecule has 1 atom stereocenters. The summed E-state index contributed by atoms with van der Waals surface area (Å²) in [5.41, 5.74) is 1.20. The van der Waals surface area contributed by atoms with Gasteiger partial charge in [-0.25, -0.2) is 0 Å². The van der Waals surface area contributed by atoms with Crippen molar-refractivity contribution in [2.24, 2.45) is 5.92 Å². The van der Waals surface area contributed by atoms with Crippen LogP contribution in [0.4, 0.5) is 5.69 Å². The summed E-state index contributed by atoms with van der Waals surface area (Å²) in [5, 5.41) is 0. The van der Waals surface area contributed by atoms with Crippen LogP contribution in [0.3, 0.4) is 0 Å². The minimum Gasteiger partial charge on any atom is -0.492 e. The number of ketones is 1. The van der Waals surface area contributed by atoms with E-state index in [2.05, 4.69) is 0 Å². The molecule has 2 aromatic carbocycles. The molecule has 3 rings (SSSR count). The van der Waals surface area contributed by atoms with Gasteiger partial charge in [0.25, 0.3) is 0 Å². The van der Waals surface area contributed by atoms with Gasteiger partial charge < -0.3 is 14.4 Å². The Hall–Kier alpha value is -3.15. The summed E-state index contributed by atoms with van der Waals surface area (Å²) in [6, 6.07) is 13.6. The molecule has 1 heterocycles. The van der Waals surface area contributed by atoms with Crippen molar-refractivity contribution < 1.29 is 23.9 Å². The van der Waals surface area contributed by atoms with Crippen LogP contribution in [0.15, 0.2) is 48.5 Å². The number of hydrogen-bond acceptors (Lipinski definition) is 5. The van der Waals surface area contributed by atoms with Gasteiger partial charge >= 0.3 is 5.97 Å². The van der Waals surface area contributed by atoms with Crippen LogP contribution in [-0.4, -0.2) is 30.8 Å². The zero-order valence-corrected chi connectivity index (χ0v) is 15.3. The average Bonchev–Trinajstić information content (AvgIpc) is 3.05. The molecule has 0 aromatic heterocycles. The lowest BCUT2D eigenvalue weighted by Gasteiger charge is -2.19. The minimum absolute atomic E-state index is 0.0575. The highest BCUT2D eigenvalue weighted by Crippen LogP contribution is 2.33. The first-order valence-electron chi connectivity index (χ1n) is 8.84. The van der Waals surface area contributed by atoms with Gasteiger partial charge in [-0.1, -0.05) is 12.1 Å². The fraction of sp³-hybridized carbons (Fsp3) is 0.286. The molecule has 1 aliphatic heterocycles. The van der Waals surface area contributed by atoms with Gasteiger partial charge in [0.1, 0.15) is 11.5 Å². The highest BCUT2D eigenvalue weighted by Gasteiger charge is 2.37. The van der Waals surface area contributed by atoms with Gasteiger partial charge in [0.2, 0.25) is 5.91 Å². The molecular formula is C21H21NO5. The van der Waals surface area contributed by atoms with Gasteiger partial charge in [0.05, 0.1) is 18.2 Å². The molecule has 0 aliphatic carbocycles. The van der Waals surface area contributed by atoms with E-state index in [9.17, 15) is 14.4 Å². The Kier molecular flexibility index (Phi) is 5.54. The van der Waals surface area contributed by atoms with Crippen molar-refractivity contribution in [3.63, 3.8) is 0 Å². The van der Waals surface area contributed by atoms with Crippen LogP contribution in [-0.2, 0) is 9.59 Å². The number of amides is 1. The second-order valence-electron chi connectivity index (χ2n) is 6.31. The van der Waals surface area contributed by atoms with E-state index in [0.29, 0.717) is 29.4 Å². The second-order valence-corrected chi connectivity index (χ2v) is 6.31. The Bertz CT molecular complexity index is 859. The van der Waals surface area contributed by atoms with Gasteiger partial charge in [-0.05, 0) is 50.2 Å². The van der Waals surface area contributed by atoms with Crippen molar-refractivity contribution in [2.45, 2.75) is 20.3 Å². The Morgan fingerprint density at radius 1 is 1.11 bits per heavy atom. The predicted molar refractivity (Wildman–Crippen MR) is 100 cm³/mol. The van der Waals surface area contributed by atoms with Crippen LogP contribution in [0.25, 0.3) is 0 Å². The van der Waals surface area contributed by atoms with Gasteiger partial charge in [0, 0.05) is 18.5 Å². The number of ether oxygens (including phenoxy) is 2. The van der Waals surface area contributed by atoms with E-state index in [1.54, 1.807) is 41.3 Å². The lowest BCUT2D eigenvalue weighted by atomic mass is 10.1. The number of para-hydroxylation sites is 2. The maximum absolute atomic E-state index is 12.5. The molecule has 1 aliphatic rings. The molecule has 0 spiro atoms. The summed E-state index contributed by atoms with van der Waals surface area (Å²) in [5.74, 6) is -0.253. The number of rotatable bonds is 6. The smallest absolute Gasteiger partial charge is 0.316 e. The number of anilines is 1. The predicted octanol–water partition coefficient (Wildman–Crippen LogP) is 3.25. The first-order valence-corrected chi connectivity index (χ1v) is 8.84. The second kappa shape index (κ2) is 8.03. The van der Waals surface area contributed by atoms with Crippen LogP contribution in [0, 0.1) is 5.92 Å². The van der Waals surface area contributed by atoms with Gasteiger partial charge in [0.15, 0.2) is 5.78 Å². The minimum atomic E-state index is -0.556. The molecule has 2 aromatic rings. The highest BCUT2D eigenvalue weighted by molar-refractivity contribution is 6.00. The van der Waals surface area contributed by atoms with Gasteiger partial charge in [-0.15, -0.1) is 0 Å². The summed E-state index contributed by atoms with van der Waals surface area (Å²) >= 11 is 0. The third-order valence-electron chi connectivity index (χ3n) is 4.39. The summed E-state index contributed by atoms with van der Waals surface area (Å²) in [4.78, 5) is 37.8. The number of carbonyl (C=O) groups is 3. The normalized spacial score (nSPS) is 16.3. The molecule has 1 saturated heterocycles. The zero-order chi connectivity index (χ0) is 19.4. The van der Waals surface area contributed by atoms with Crippen molar-refractivity contribution in [3.8, 4) is 11.5 Å². The van der Waals surface area contributed by atoms with Crippen molar-refractivity contribution in [3.05, 3.63) is 54.1 Å². The molecule has 27 heavy (non-hydrogen) atoms. The molecule has 1 fully saturated rings. The molecule has 6 heteroatoms. The van der Waals surface area contributed by atoms with Crippen LogP contribution >= 0.6 is 0 Å². The monoisotopic (exact) mass is 367 g/mol. The van der Waals surface area contributed by atoms with E-state index in [1.807, 2.05) is 19.1 Å². The molecule has 0 bridgehead atoms. The number of hydrogen-bond donors (Lipinski definition) is 0. The largest absolute Gasteiger partial charge is 0.492 e. The van der Waals surface area contributed by atoms with E-state index in [4.69, 9.17) is 9.47 Å². The Morgan fingerprint density at radius 2 is 1.81 bits per heavy atom. The van der Waals surface area contributed by atoms with Crippen LogP contribution in [0.2, 0.25) is 0 Å². The van der Waals surface area contributed by atoms with Crippen LogP contribution in [0.1, 0.15) is 30.6 Å². The third-order valence-corrected chi connectivity index (χ3v) is 4.39. The molecule has 0 saturated carbocycles. The van der Waals surface area contributed by atoms with Crippen molar-refractivity contribution in [2.75, 3.05) is 18.1 Å². The van der Waals surface area contributed by atoms with E-state index in [1.165, 1.54) is 6.92 Å². The Labute approximate surface area is 157 Å². The number of nitrogens with zero attached hydrogens (tertiary/aromatic N) is 1. The quantitative estimate of drug-likeness (QED) is 0.445. The van der Waals surface area contributed by atoms with E-state index >= 15 is 0 Å². The molecule has 0 N–H and O–H groups in total. The van der Waals surface area contributed by atoms with Gasteiger partial charge in [-0.2, -0.15) is 0 Å². The Morgan fingerprint density at radius 3 is 2.48 bits per heavy atom. The highest BCUT2D eigenvalue weighted by atomic mass is 16.5. The molecule has 1 amide bonds. The topological polar surface area (TPSA) is 72.9 Å². The molecule has 140 valence electrons. The summed E-state index contributed by atoms with van der Waals surface area (Å²) in [6.45, 7) is 4.08. The molecule has 6 nitrogen and oxygen atoms in total. The number of esters is 1. The summed E-state index contributed by atoms with van der Waals surface area (Å²) < 4.78 is 11.0. The number of benzene rings is 2. The lowest BCUT2D eigenvalue weighted by Crippen LogP contribution is -2.27. The zero-order valence-electron chi connectivity index (χ0n) is 15.3. The van der Waals surface area contributed by atoms with Crippen molar-refractivity contribution in [1.29, 1.82) is 0 Å². The first kappa shape index (κ1) is 18.6. The average molecular weight is 367 g/mol. The lowest BCUT2D eigenvalue weighted by molar-refractivity contribution is -0.139. The number of Topliss-reactive ketones (excluding diaryl/α,β-unsaturated/α-hetero) is 1. The van der Waals surface area contributed by atoms with E-state index in [-0.39, 0.29) is 24.7 Å². The van der Waals surface area contributed by atoms with Crippen LogP contribution in [0.5, 0.6) is 11.5 Å². The van der Waals surface area contributed by atoms with E-state index < -0.39 is 11.9 Å². The summed E-state index contributed by atoms with van der Waals surface area (Å²) in [6.07, 6.45) is 0.0881. The summed E-state index contributed by atoms with van der Waals surface area (Å²) in [7, 11) is 0. The Balaban J connectivity index is 1.70. The maximum atomic E-state index is 12.5. The standard InChI is InChI=1S/C21H21NO5/c1-3-26-19-7-5-4-6-18(19)22-13-16(12-20(22)24)21(25)27-17-10-8-15(9-11-17)14(2)23/h4-11,16H,3,12-13H2,1-2H3/t16-/m1/s1. The van der Waals surface area contributed by atoms with Gasteiger partial charge in [-0.3, -0.25) is 14.4 Å². The number of carbonyl (C=O) groups excluding carboxylic acids is 3. The first-order chi connectivity index (χ1) is 13.0. The maximum Gasteiger partial charge on any atom is 0.316 e. The van der Waals surface area contributed by atoms with E-state index in [0.717, 1.165) is 0 Å². The molecule has 0 unspecified atom stereocenters. The van der Waals surface area contributed by atoms with Crippen molar-refractivity contribution in [1.82, 2.24) is 0 Å². The fourth-order valence-electron chi connectivity index (χ4n) is 3.01. The van der Waals surface area contributed by atoms with Crippen LogP contribution < -0.4 is 14.4 Å². The third kappa shape index (κ3) is 4.16. The molecule has 0 radical (unpaired) electrons.